The fourth-order valence-corrected chi connectivity index (χ4v) is 17.1. The normalized spacial score (nSPS) is 15.2. The Morgan fingerprint density at radius 1 is 0.636 bits per heavy atom. The zero-order valence-corrected chi connectivity index (χ0v) is 22.4. The van der Waals surface area contributed by atoms with Crippen molar-refractivity contribution in [1.82, 2.24) is 0 Å². The molecule has 4 heteroatoms. The molecule has 0 saturated heterocycles. The van der Waals surface area contributed by atoms with Gasteiger partial charge in [0.15, 0.2) is 0 Å². The van der Waals surface area contributed by atoms with E-state index in [1.807, 2.05) is 0 Å². The first kappa shape index (κ1) is 24.0. The van der Waals surface area contributed by atoms with Crippen LogP contribution in [-0.2, 0) is 27.0 Å². The summed E-state index contributed by atoms with van der Waals surface area (Å²) in [4.78, 5) is 0. The Bertz CT molecular complexity index is 1260. The van der Waals surface area contributed by atoms with E-state index in [-0.39, 0.29) is 24.8 Å². The summed E-state index contributed by atoms with van der Waals surface area (Å²) in [5, 5.41) is 0. The van der Waals surface area contributed by atoms with Gasteiger partial charge in [0.1, 0.15) is 0 Å². The Balaban J connectivity index is 0.00000130. The fourth-order valence-electron chi connectivity index (χ4n) is 5.48. The van der Waals surface area contributed by atoms with Crippen LogP contribution >= 0.6 is 24.8 Å². The Hall–Kier alpha value is -2.12. The summed E-state index contributed by atoms with van der Waals surface area (Å²) in [7, 11) is 0. The van der Waals surface area contributed by atoms with E-state index in [9.17, 15) is 0 Å². The molecule has 166 valence electrons. The second-order valence-corrected chi connectivity index (χ2v) is 17.3. The minimum atomic E-state index is -3.44. The molecular formula is C29H27Cl2NZr. The van der Waals surface area contributed by atoms with Crippen molar-refractivity contribution in [2.24, 2.45) is 0 Å². The number of nitrogens with one attached hydrogen (secondary N) is 1. The van der Waals surface area contributed by atoms with E-state index < -0.39 is 20.6 Å². The van der Waals surface area contributed by atoms with Crippen molar-refractivity contribution in [2.75, 3.05) is 3.26 Å². The van der Waals surface area contributed by atoms with Gasteiger partial charge in [-0.3, -0.25) is 0 Å². The van der Waals surface area contributed by atoms with Crippen molar-refractivity contribution in [1.29, 1.82) is 0 Å². The van der Waals surface area contributed by atoms with Crippen molar-refractivity contribution in [3.63, 3.8) is 0 Å². The molecule has 0 heterocycles. The number of fused-ring (bicyclic) bond motifs is 3. The van der Waals surface area contributed by atoms with Gasteiger partial charge in [0.05, 0.1) is 0 Å². The average molecular weight is 552 g/mol. The maximum atomic E-state index is 4.24. The molecule has 0 aromatic heterocycles. The number of anilines is 1. The molecule has 1 nitrogen and oxygen atoms in total. The minimum Gasteiger partial charge on any atom is -0.147 e. The summed E-state index contributed by atoms with van der Waals surface area (Å²) >= 11 is -3.44. The smallest absolute Gasteiger partial charge is 0.147 e. The van der Waals surface area contributed by atoms with Crippen molar-refractivity contribution in [3.05, 3.63) is 127 Å². The van der Waals surface area contributed by atoms with Gasteiger partial charge in [0.2, 0.25) is 0 Å². The van der Waals surface area contributed by atoms with Gasteiger partial charge in [-0.1, -0.05) is 0 Å². The molecule has 0 aliphatic heterocycles. The summed E-state index contributed by atoms with van der Waals surface area (Å²) in [5.41, 5.74) is 7.09. The molecular weight excluding hydrogens is 524 g/mol. The topological polar surface area (TPSA) is 12.0 Å². The molecule has 0 atom stereocenters. The third-order valence-corrected chi connectivity index (χ3v) is 18.2. The van der Waals surface area contributed by atoms with Crippen LogP contribution in [-0.4, -0.2) is 0 Å². The van der Waals surface area contributed by atoms with Crippen LogP contribution in [0.15, 0.2) is 116 Å². The van der Waals surface area contributed by atoms with Crippen LogP contribution in [0.25, 0.3) is 11.1 Å². The molecule has 3 aliphatic rings. The Labute approximate surface area is 213 Å². The van der Waals surface area contributed by atoms with Gasteiger partial charge in [0.25, 0.3) is 0 Å². The predicted molar refractivity (Wildman–Crippen MR) is 143 cm³/mol. The number of rotatable bonds is 5. The number of halogens is 2. The predicted octanol–water partition coefficient (Wildman–Crippen LogP) is 7.60. The van der Waals surface area contributed by atoms with Gasteiger partial charge in [-0.25, -0.2) is 0 Å². The van der Waals surface area contributed by atoms with Gasteiger partial charge >= 0.3 is 190 Å². The summed E-state index contributed by atoms with van der Waals surface area (Å²) in [6.07, 6.45) is 17.2. The van der Waals surface area contributed by atoms with Gasteiger partial charge in [-0.15, -0.1) is 24.8 Å². The Kier molecular flexibility index (Phi) is 7.29. The van der Waals surface area contributed by atoms with Crippen molar-refractivity contribution < 1.29 is 20.6 Å². The first-order valence-corrected chi connectivity index (χ1v) is 16.0. The minimum absolute atomic E-state index is 0. The number of benzene rings is 3. The van der Waals surface area contributed by atoms with Crippen LogP contribution in [0.4, 0.5) is 5.69 Å². The number of hydrogen-bond donors (Lipinski definition) is 1. The van der Waals surface area contributed by atoms with E-state index in [0.29, 0.717) is 0 Å². The summed E-state index contributed by atoms with van der Waals surface area (Å²) < 4.78 is 9.08. The van der Waals surface area contributed by atoms with E-state index in [2.05, 4.69) is 113 Å². The van der Waals surface area contributed by atoms with E-state index in [1.54, 1.807) is 15.4 Å². The van der Waals surface area contributed by atoms with Crippen LogP contribution in [0.5, 0.6) is 0 Å². The SMILES string of the molecule is C1=CC[C]([Zr]([NH]c2ccccc2)([C]2=CC=CC2)[c]2cccc3c2Cc2ccccc2-3)=C1.Cl.Cl. The van der Waals surface area contributed by atoms with E-state index in [4.69, 9.17) is 0 Å². The van der Waals surface area contributed by atoms with E-state index in [0.717, 1.165) is 19.3 Å². The first-order valence-electron chi connectivity index (χ1n) is 11.1. The number of hydrogen-bond acceptors (Lipinski definition) is 1. The molecule has 6 rings (SSSR count). The van der Waals surface area contributed by atoms with Crippen LogP contribution in [0.1, 0.15) is 24.0 Å². The van der Waals surface area contributed by atoms with Crippen molar-refractivity contribution in [3.8, 4) is 11.1 Å². The molecule has 0 saturated carbocycles. The van der Waals surface area contributed by atoms with Gasteiger partial charge in [0, 0.05) is 0 Å². The molecule has 3 aromatic rings. The number of allylic oxidation sites excluding steroid dienone is 8. The quantitative estimate of drug-likeness (QED) is 0.269. The molecule has 3 aromatic carbocycles. The molecule has 0 unspecified atom stereocenters. The van der Waals surface area contributed by atoms with Gasteiger partial charge < -0.3 is 0 Å². The first-order chi connectivity index (χ1) is 15.4. The average Bonchev–Trinajstić information content (AvgIpc) is 3.59. The largest absolute Gasteiger partial charge is 0.147 e. The Morgan fingerprint density at radius 3 is 1.94 bits per heavy atom. The fraction of sp³-hybridized carbons (Fsp3) is 0.103. The summed E-state index contributed by atoms with van der Waals surface area (Å²) in [5.74, 6) is 0. The van der Waals surface area contributed by atoms with Crippen molar-refractivity contribution >= 4 is 33.8 Å². The van der Waals surface area contributed by atoms with E-state index >= 15 is 0 Å². The molecule has 0 spiro atoms. The second kappa shape index (κ2) is 10.0. The van der Waals surface area contributed by atoms with Crippen LogP contribution < -0.4 is 6.53 Å². The molecule has 0 fully saturated rings. The zero-order chi connectivity index (χ0) is 20.7. The maximum absolute atomic E-state index is 4.24. The maximum Gasteiger partial charge on any atom is -0.147 e. The monoisotopic (exact) mass is 549 g/mol. The van der Waals surface area contributed by atoms with Gasteiger partial charge in [-0.2, -0.15) is 0 Å². The molecule has 0 bridgehead atoms. The third kappa shape index (κ3) is 4.03. The molecule has 33 heavy (non-hydrogen) atoms. The van der Waals surface area contributed by atoms with Gasteiger partial charge in [-0.05, 0) is 0 Å². The van der Waals surface area contributed by atoms with Crippen LogP contribution in [0, 0.1) is 0 Å². The summed E-state index contributed by atoms with van der Waals surface area (Å²) in [6, 6.07) is 26.9. The van der Waals surface area contributed by atoms with Crippen LogP contribution in [0.3, 0.4) is 0 Å². The molecule has 3 aliphatic carbocycles. The summed E-state index contributed by atoms with van der Waals surface area (Å²) in [6.45, 7) is 0. The molecule has 1 N–H and O–H groups in total. The standard InChI is InChI=1S/C13H9.C6H6N.2C5H5.2ClH.Zr/c1-3-7-12-10(5-1)9-11-6-2-4-8-13(11)12;7-6-4-2-1-3-5-6;2*1-2-4-5-3-1;;;/h1-5,7-8H,9H2;1-5,7H;2*1-3H,4H2;2*1H;/q;-1;;;;;+1. The Morgan fingerprint density at radius 2 is 1.27 bits per heavy atom. The number of para-hydroxylation sites is 1. The van der Waals surface area contributed by atoms with Crippen molar-refractivity contribution in [2.45, 2.75) is 19.3 Å². The second-order valence-electron chi connectivity index (χ2n) is 8.55. The molecule has 0 radical (unpaired) electrons. The van der Waals surface area contributed by atoms with E-state index in [1.165, 1.54) is 22.4 Å². The third-order valence-electron chi connectivity index (χ3n) is 6.87. The zero-order valence-electron chi connectivity index (χ0n) is 18.3. The van der Waals surface area contributed by atoms with Crippen LogP contribution in [0.2, 0.25) is 0 Å². The molecule has 0 amide bonds.